The summed E-state index contributed by atoms with van der Waals surface area (Å²) in [5, 5.41) is 0. The molecule has 3 saturated heterocycles. The summed E-state index contributed by atoms with van der Waals surface area (Å²) < 4.78 is 36.0. The molecule has 0 radical (unpaired) electrons. The van der Waals surface area contributed by atoms with E-state index in [1.807, 2.05) is 58.0 Å². The van der Waals surface area contributed by atoms with Gasteiger partial charge in [-0.25, -0.2) is 0 Å². The minimum absolute atomic E-state index is 0. The lowest BCUT2D eigenvalue weighted by atomic mass is 10.1. The highest BCUT2D eigenvalue weighted by atomic mass is 16.8. The second-order valence-corrected chi connectivity index (χ2v) is 7.70. The first-order valence-corrected chi connectivity index (χ1v) is 8.81. The molecule has 146 valence electrons. The van der Waals surface area contributed by atoms with Crippen LogP contribution in [0.15, 0.2) is 30.3 Å². The van der Waals surface area contributed by atoms with Crippen LogP contribution in [0.25, 0.3) is 0 Å². The predicted octanol–water partition coefficient (Wildman–Crippen LogP) is 3.24. The van der Waals surface area contributed by atoms with Gasteiger partial charge in [-0.3, -0.25) is 0 Å². The van der Waals surface area contributed by atoms with E-state index in [0.29, 0.717) is 13.2 Å². The summed E-state index contributed by atoms with van der Waals surface area (Å²) in [6.45, 7) is 8.52. The van der Waals surface area contributed by atoms with E-state index >= 15 is 0 Å². The first-order chi connectivity index (χ1) is 11.8. The van der Waals surface area contributed by atoms with E-state index in [9.17, 15) is 0 Å². The number of ether oxygens (including phenoxy) is 6. The van der Waals surface area contributed by atoms with Gasteiger partial charge >= 0.3 is 0 Å². The highest BCUT2D eigenvalue weighted by Gasteiger charge is 2.58. The average molecular weight is 366 g/mol. The lowest BCUT2D eigenvalue weighted by Gasteiger charge is -2.29. The molecule has 1 aromatic rings. The SMILES string of the molecule is C.CC1(C)OCC([C@H]2O[C@@H]3OC(C)(C)OC3[C@H]2OCc2ccccc2)O1. The molecule has 0 N–H and O–H groups in total. The second-order valence-electron chi connectivity index (χ2n) is 7.70. The minimum atomic E-state index is -0.680. The van der Waals surface area contributed by atoms with Gasteiger partial charge < -0.3 is 28.4 Å². The van der Waals surface area contributed by atoms with Crippen LogP contribution in [0.2, 0.25) is 0 Å². The van der Waals surface area contributed by atoms with Crippen LogP contribution >= 0.6 is 0 Å². The minimum Gasteiger partial charge on any atom is -0.368 e. The molecule has 5 atom stereocenters. The summed E-state index contributed by atoms with van der Waals surface area (Å²) in [7, 11) is 0. The van der Waals surface area contributed by atoms with Gasteiger partial charge in [0, 0.05) is 0 Å². The monoisotopic (exact) mass is 366 g/mol. The summed E-state index contributed by atoms with van der Waals surface area (Å²) in [5.74, 6) is -1.29. The van der Waals surface area contributed by atoms with Crippen molar-refractivity contribution in [1.29, 1.82) is 0 Å². The molecule has 6 nitrogen and oxygen atoms in total. The summed E-state index contributed by atoms with van der Waals surface area (Å²) in [4.78, 5) is 0. The number of hydrogen-bond acceptors (Lipinski definition) is 6. The van der Waals surface area contributed by atoms with Crippen molar-refractivity contribution in [2.75, 3.05) is 6.61 Å². The number of benzene rings is 1. The fourth-order valence-corrected chi connectivity index (χ4v) is 3.64. The van der Waals surface area contributed by atoms with Gasteiger partial charge in [0.2, 0.25) is 0 Å². The molecule has 0 aliphatic carbocycles. The Morgan fingerprint density at radius 1 is 0.962 bits per heavy atom. The third-order valence-corrected chi connectivity index (χ3v) is 4.71. The standard InChI is InChI=1S/C19H26O6.CH4/c1-18(2)21-11-13(23-18)14-15(20-10-12-8-6-5-7-9-12)16-17(22-14)25-19(3,4)24-16;/h5-9,13-17H,10-11H2,1-4H3;1H4/t13?,14-,15+,16?,17-;/m1./s1. The zero-order valence-electron chi connectivity index (χ0n) is 15.1. The van der Waals surface area contributed by atoms with Crippen LogP contribution in [0.3, 0.4) is 0 Å². The van der Waals surface area contributed by atoms with Crippen molar-refractivity contribution in [2.24, 2.45) is 0 Å². The highest BCUT2D eigenvalue weighted by Crippen LogP contribution is 2.42. The lowest BCUT2D eigenvalue weighted by Crippen LogP contribution is -2.44. The van der Waals surface area contributed by atoms with Gasteiger partial charge in [-0.2, -0.15) is 0 Å². The average Bonchev–Trinajstić information content (AvgIpc) is 3.15. The van der Waals surface area contributed by atoms with Crippen molar-refractivity contribution in [3.8, 4) is 0 Å². The smallest absolute Gasteiger partial charge is 0.190 e. The number of fused-ring (bicyclic) bond motifs is 1. The van der Waals surface area contributed by atoms with Gasteiger partial charge in [0.05, 0.1) is 13.2 Å². The van der Waals surface area contributed by atoms with Crippen LogP contribution < -0.4 is 0 Å². The zero-order chi connectivity index (χ0) is 17.7. The molecule has 3 heterocycles. The van der Waals surface area contributed by atoms with E-state index in [0.717, 1.165) is 5.56 Å². The van der Waals surface area contributed by atoms with Crippen LogP contribution in [0.5, 0.6) is 0 Å². The molecular formula is C20H30O6. The van der Waals surface area contributed by atoms with Crippen LogP contribution in [0.1, 0.15) is 40.7 Å². The Labute approximate surface area is 155 Å². The molecule has 3 fully saturated rings. The maximum absolute atomic E-state index is 6.22. The van der Waals surface area contributed by atoms with E-state index < -0.39 is 17.9 Å². The van der Waals surface area contributed by atoms with Crippen LogP contribution in [-0.2, 0) is 35.0 Å². The zero-order valence-corrected chi connectivity index (χ0v) is 15.1. The largest absolute Gasteiger partial charge is 0.368 e. The third kappa shape index (κ3) is 3.96. The summed E-state index contributed by atoms with van der Waals surface area (Å²) in [6.07, 6.45) is -1.52. The molecule has 4 rings (SSSR count). The van der Waals surface area contributed by atoms with E-state index in [-0.39, 0.29) is 31.8 Å². The Morgan fingerprint density at radius 3 is 2.35 bits per heavy atom. The lowest BCUT2D eigenvalue weighted by molar-refractivity contribution is -0.236. The highest BCUT2D eigenvalue weighted by molar-refractivity contribution is 5.13. The van der Waals surface area contributed by atoms with Crippen molar-refractivity contribution < 1.29 is 28.4 Å². The van der Waals surface area contributed by atoms with Crippen molar-refractivity contribution >= 4 is 0 Å². The fourth-order valence-electron chi connectivity index (χ4n) is 3.64. The molecule has 2 unspecified atom stereocenters. The maximum atomic E-state index is 6.22. The van der Waals surface area contributed by atoms with Gasteiger partial charge in [-0.05, 0) is 33.3 Å². The Balaban J connectivity index is 0.00000196. The summed E-state index contributed by atoms with van der Waals surface area (Å²) in [5.41, 5.74) is 1.10. The topological polar surface area (TPSA) is 55.4 Å². The van der Waals surface area contributed by atoms with E-state index in [1.54, 1.807) is 0 Å². The van der Waals surface area contributed by atoms with Crippen LogP contribution in [-0.4, -0.2) is 48.9 Å². The summed E-state index contributed by atoms with van der Waals surface area (Å²) >= 11 is 0. The Bertz CT molecular complexity index is 602. The van der Waals surface area contributed by atoms with Crippen LogP contribution in [0, 0.1) is 0 Å². The first kappa shape index (κ1) is 19.7. The molecule has 0 saturated carbocycles. The molecule has 6 heteroatoms. The molecule has 0 aromatic heterocycles. The fraction of sp³-hybridized carbons (Fsp3) is 0.700. The van der Waals surface area contributed by atoms with Crippen LogP contribution in [0.4, 0.5) is 0 Å². The third-order valence-electron chi connectivity index (χ3n) is 4.71. The number of rotatable bonds is 4. The van der Waals surface area contributed by atoms with E-state index in [2.05, 4.69) is 0 Å². The maximum Gasteiger partial charge on any atom is 0.190 e. The molecule has 0 bridgehead atoms. The molecular weight excluding hydrogens is 336 g/mol. The van der Waals surface area contributed by atoms with E-state index in [4.69, 9.17) is 28.4 Å². The Morgan fingerprint density at radius 2 is 1.69 bits per heavy atom. The van der Waals surface area contributed by atoms with Crippen molar-refractivity contribution in [3.05, 3.63) is 35.9 Å². The van der Waals surface area contributed by atoms with Gasteiger partial charge in [0.25, 0.3) is 0 Å². The van der Waals surface area contributed by atoms with Gasteiger partial charge in [-0.15, -0.1) is 0 Å². The molecule has 0 spiro atoms. The summed E-state index contributed by atoms with van der Waals surface area (Å²) in [6, 6.07) is 10.1. The van der Waals surface area contributed by atoms with Gasteiger partial charge in [0.1, 0.15) is 24.4 Å². The molecule has 26 heavy (non-hydrogen) atoms. The number of hydrogen-bond donors (Lipinski definition) is 0. The van der Waals surface area contributed by atoms with Crippen molar-refractivity contribution in [1.82, 2.24) is 0 Å². The molecule has 3 aliphatic rings. The predicted molar refractivity (Wildman–Crippen MR) is 95.4 cm³/mol. The Hall–Kier alpha value is -1.02. The molecule has 3 aliphatic heterocycles. The second kappa shape index (κ2) is 7.19. The Kier molecular flexibility index (Phi) is 5.45. The van der Waals surface area contributed by atoms with Gasteiger partial charge in [-0.1, -0.05) is 37.8 Å². The van der Waals surface area contributed by atoms with Crippen molar-refractivity contribution in [2.45, 2.75) is 84.0 Å². The molecule has 0 amide bonds. The normalized spacial score (nSPS) is 37.3. The quantitative estimate of drug-likeness (QED) is 0.815. The van der Waals surface area contributed by atoms with E-state index in [1.165, 1.54) is 0 Å². The first-order valence-electron chi connectivity index (χ1n) is 8.81. The van der Waals surface area contributed by atoms with Crippen molar-refractivity contribution in [3.63, 3.8) is 0 Å². The molecule has 1 aromatic carbocycles. The van der Waals surface area contributed by atoms with Gasteiger partial charge in [0.15, 0.2) is 17.9 Å².